The molecule has 4 aromatic heterocycles. The van der Waals surface area contributed by atoms with Gasteiger partial charge in [0.15, 0.2) is 11.9 Å². The maximum atomic E-state index is 14.2. The quantitative estimate of drug-likeness (QED) is 0.305. The molecular formula is C27H18FN5O3S. The summed E-state index contributed by atoms with van der Waals surface area (Å²) >= 11 is 1.28. The van der Waals surface area contributed by atoms with E-state index < -0.39 is 11.9 Å². The Morgan fingerprint density at radius 3 is 2.78 bits per heavy atom. The van der Waals surface area contributed by atoms with Crippen molar-refractivity contribution in [1.82, 2.24) is 19.7 Å². The summed E-state index contributed by atoms with van der Waals surface area (Å²) in [6.45, 7) is 1.80. The molecule has 0 saturated heterocycles. The number of benzene rings is 2. The third-order valence-electron chi connectivity index (χ3n) is 6.26. The van der Waals surface area contributed by atoms with E-state index in [2.05, 4.69) is 9.97 Å². The van der Waals surface area contributed by atoms with Gasteiger partial charge >= 0.3 is 0 Å². The minimum atomic E-state index is -0.667. The maximum absolute atomic E-state index is 14.2. The second kappa shape index (κ2) is 8.75. The summed E-state index contributed by atoms with van der Waals surface area (Å²) in [5, 5.41) is 7.43. The van der Waals surface area contributed by atoms with Gasteiger partial charge < -0.3 is 10.2 Å². The van der Waals surface area contributed by atoms with Crippen molar-refractivity contribution in [3.8, 4) is 22.4 Å². The number of hydrogen-bond acceptors (Lipinski definition) is 8. The van der Waals surface area contributed by atoms with Gasteiger partial charge in [-0.2, -0.15) is 5.10 Å². The van der Waals surface area contributed by atoms with Crippen LogP contribution < -0.4 is 11.2 Å². The molecule has 1 atom stereocenters. The molecule has 182 valence electrons. The second-order valence-corrected chi connectivity index (χ2v) is 9.37. The van der Waals surface area contributed by atoms with E-state index in [1.165, 1.54) is 29.8 Å². The summed E-state index contributed by atoms with van der Waals surface area (Å²) in [5.41, 5.74) is 8.39. The van der Waals surface area contributed by atoms with Crippen LogP contribution in [0.3, 0.4) is 0 Å². The Bertz CT molecular complexity index is 1890. The fourth-order valence-electron chi connectivity index (χ4n) is 4.54. The topological polar surface area (TPSA) is 117 Å². The van der Waals surface area contributed by atoms with Gasteiger partial charge in [-0.25, -0.2) is 19.0 Å². The number of nitrogens with zero attached hydrogens (tertiary/aromatic N) is 4. The van der Waals surface area contributed by atoms with E-state index in [0.717, 1.165) is 6.29 Å². The first-order valence-electron chi connectivity index (χ1n) is 11.3. The molecule has 2 aromatic carbocycles. The highest BCUT2D eigenvalue weighted by molar-refractivity contribution is 7.12. The molecule has 0 aliphatic rings. The number of anilines is 1. The molecule has 6 aromatic rings. The monoisotopic (exact) mass is 511 g/mol. The first-order chi connectivity index (χ1) is 18.0. The molecular weight excluding hydrogens is 493 g/mol. The van der Waals surface area contributed by atoms with Crippen molar-refractivity contribution in [3.05, 3.63) is 93.0 Å². The summed E-state index contributed by atoms with van der Waals surface area (Å²) < 4.78 is 22.1. The van der Waals surface area contributed by atoms with Crippen molar-refractivity contribution in [2.75, 3.05) is 5.73 Å². The Kier molecular flexibility index (Phi) is 5.38. The van der Waals surface area contributed by atoms with Gasteiger partial charge in [0, 0.05) is 5.56 Å². The van der Waals surface area contributed by atoms with Crippen LogP contribution in [0.2, 0.25) is 0 Å². The Morgan fingerprint density at radius 1 is 1.14 bits per heavy atom. The number of aromatic nitrogens is 4. The predicted molar refractivity (Wildman–Crippen MR) is 140 cm³/mol. The molecule has 10 heteroatoms. The molecule has 8 nitrogen and oxygen atoms in total. The second-order valence-electron chi connectivity index (χ2n) is 8.42. The molecule has 4 heterocycles. The zero-order chi connectivity index (χ0) is 25.7. The number of rotatable bonds is 5. The van der Waals surface area contributed by atoms with Crippen LogP contribution in [0.1, 0.15) is 28.4 Å². The Labute approximate surface area is 212 Å². The number of nitrogens with two attached hydrogens (primary N) is 1. The lowest BCUT2D eigenvalue weighted by molar-refractivity contribution is 0.112. The fraction of sp³-hybridized carbons (Fsp3) is 0.0741. The normalized spacial score (nSPS) is 12.3. The maximum Gasteiger partial charge on any atom is 0.200 e. The summed E-state index contributed by atoms with van der Waals surface area (Å²) in [5.74, 6) is 0.00466. The van der Waals surface area contributed by atoms with Crippen molar-refractivity contribution < 1.29 is 13.6 Å². The van der Waals surface area contributed by atoms with Gasteiger partial charge in [0.25, 0.3) is 0 Å². The van der Waals surface area contributed by atoms with E-state index >= 15 is 0 Å². The number of halogens is 1. The van der Waals surface area contributed by atoms with Crippen LogP contribution in [-0.2, 0) is 0 Å². The van der Waals surface area contributed by atoms with E-state index in [1.807, 2.05) is 0 Å². The summed E-state index contributed by atoms with van der Waals surface area (Å²) in [4.78, 5) is 34.4. The number of carbonyl (C=O) groups is 1. The minimum Gasteiger partial charge on any atom is -0.458 e. The molecule has 1 unspecified atom stereocenters. The van der Waals surface area contributed by atoms with E-state index in [4.69, 9.17) is 15.2 Å². The lowest BCUT2D eigenvalue weighted by atomic mass is 9.99. The van der Waals surface area contributed by atoms with Gasteiger partial charge in [0.05, 0.1) is 21.2 Å². The highest BCUT2D eigenvalue weighted by atomic mass is 32.1. The Balaban J connectivity index is 1.66. The number of nitrogen functional groups attached to an aromatic ring is 1. The number of aldehydes is 1. The van der Waals surface area contributed by atoms with Crippen LogP contribution in [-0.4, -0.2) is 26.0 Å². The first-order valence-corrected chi connectivity index (χ1v) is 12.2. The molecule has 0 radical (unpaired) electrons. The summed E-state index contributed by atoms with van der Waals surface area (Å²) in [6, 6.07) is 13.8. The SMILES string of the molecule is CC(c1oc2ccccc2c(=O)c1-c1cccc(F)c1)n1nc(-c2ccsc2C=O)c2c(N)ncnc21. The molecule has 2 N–H and O–H groups in total. The molecule has 0 spiro atoms. The molecule has 0 saturated carbocycles. The molecule has 0 bridgehead atoms. The molecule has 0 aliphatic heterocycles. The van der Waals surface area contributed by atoms with Crippen molar-refractivity contribution in [2.45, 2.75) is 13.0 Å². The van der Waals surface area contributed by atoms with Gasteiger partial charge in [0.1, 0.15) is 41.0 Å². The van der Waals surface area contributed by atoms with Crippen LogP contribution >= 0.6 is 11.3 Å². The van der Waals surface area contributed by atoms with Crippen LogP contribution in [0.4, 0.5) is 10.2 Å². The minimum absolute atomic E-state index is 0.201. The highest BCUT2D eigenvalue weighted by Crippen LogP contribution is 2.38. The van der Waals surface area contributed by atoms with Crippen LogP contribution in [0.25, 0.3) is 44.4 Å². The van der Waals surface area contributed by atoms with Crippen LogP contribution in [0.5, 0.6) is 0 Å². The molecule has 0 amide bonds. The van der Waals surface area contributed by atoms with E-state index in [9.17, 15) is 14.0 Å². The van der Waals surface area contributed by atoms with Gasteiger partial charge in [0.2, 0.25) is 5.43 Å². The van der Waals surface area contributed by atoms with Crippen molar-refractivity contribution in [3.63, 3.8) is 0 Å². The lowest BCUT2D eigenvalue weighted by Gasteiger charge is -2.17. The summed E-state index contributed by atoms with van der Waals surface area (Å²) in [7, 11) is 0. The van der Waals surface area contributed by atoms with Crippen molar-refractivity contribution in [2.24, 2.45) is 0 Å². The molecule has 37 heavy (non-hydrogen) atoms. The Morgan fingerprint density at radius 2 is 1.97 bits per heavy atom. The largest absolute Gasteiger partial charge is 0.458 e. The molecule has 6 rings (SSSR count). The smallest absolute Gasteiger partial charge is 0.200 e. The number of fused-ring (bicyclic) bond motifs is 2. The molecule has 0 aliphatic carbocycles. The van der Waals surface area contributed by atoms with Gasteiger partial charge in [-0.3, -0.25) is 9.59 Å². The third-order valence-corrected chi connectivity index (χ3v) is 7.10. The van der Waals surface area contributed by atoms with Gasteiger partial charge in [-0.1, -0.05) is 24.3 Å². The highest BCUT2D eigenvalue weighted by Gasteiger charge is 2.27. The number of thiophene rings is 1. The summed E-state index contributed by atoms with van der Waals surface area (Å²) in [6.07, 6.45) is 2.09. The average Bonchev–Trinajstić information content (AvgIpc) is 3.53. The van der Waals surface area contributed by atoms with Crippen molar-refractivity contribution >= 4 is 45.4 Å². The zero-order valence-electron chi connectivity index (χ0n) is 19.4. The fourth-order valence-corrected chi connectivity index (χ4v) is 5.24. The molecule has 0 fully saturated rings. The van der Waals surface area contributed by atoms with Crippen LogP contribution in [0, 0.1) is 5.82 Å². The predicted octanol–water partition coefficient (Wildman–Crippen LogP) is 5.47. The first kappa shape index (κ1) is 22.7. The van der Waals surface area contributed by atoms with E-state index in [1.54, 1.807) is 59.5 Å². The Hall–Kier alpha value is -4.70. The van der Waals surface area contributed by atoms with E-state index in [-0.39, 0.29) is 22.6 Å². The lowest BCUT2D eigenvalue weighted by Crippen LogP contribution is -2.16. The van der Waals surface area contributed by atoms with Crippen LogP contribution in [0.15, 0.2) is 75.5 Å². The zero-order valence-corrected chi connectivity index (χ0v) is 20.2. The average molecular weight is 512 g/mol. The number of carbonyl (C=O) groups excluding carboxylic acids is 1. The van der Waals surface area contributed by atoms with Gasteiger partial charge in [-0.05, 0) is 48.2 Å². The number of para-hydroxylation sites is 1. The standard InChI is InChI=1S/C27H18FN5O3S/c1-14(33-27-22(26(29)30-13-31-27)23(32-33)18-9-10-37-20(18)12-34)25-21(15-5-4-6-16(28)11-15)24(35)17-7-2-3-8-19(17)36-25/h2-14H,1H3,(H2,29,30,31). The van der Waals surface area contributed by atoms with Gasteiger partial charge in [-0.15, -0.1) is 11.3 Å². The van der Waals surface area contributed by atoms with E-state index in [0.29, 0.717) is 43.7 Å². The van der Waals surface area contributed by atoms with Crippen molar-refractivity contribution in [1.29, 1.82) is 0 Å². The number of hydrogen-bond donors (Lipinski definition) is 1. The third kappa shape index (κ3) is 3.61.